The average Bonchev–Trinajstić information content (AvgIpc) is 1.82. The van der Waals surface area contributed by atoms with Crippen molar-refractivity contribution in [3.63, 3.8) is 0 Å². The fraction of sp³-hybridized carbons (Fsp3) is 0.200. The van der Waals surface area contributed by atoms with E-state index in [0.717, 1.165) is 10.6 Å². The summed E-state index contributed by atoms with van der Waals surface area (Å²) >= 11 is 0. The lowest BCUT2D eigenvalue weighted by atomic mass is 10.6. The largest absolute Gasteiger partial charge is 0.494 e. The Bertz CT molecular complexity index is 317. The van der Waals surface area contributed by atoms with Gasteiger partial charge >= 0.3 is 5.69 Å². The predicted octanol–water partition coefficient (Wildman–Crippen LogP) is -1.22. The van der Waals surface area contributed by atoms with E-state index in [1.165, 1.54) is 7.05 Å². The number of aromatic nitrogens is 2. The fourth-order valence-corrected chi connectivity index (χ4v) is 0.543. The Morgan fingerprint density at radius 3 is 2.70 bits per heavy atom. The molecule has 1 aromatic rings. The zero-order valence-corrected chi connectivity index (χ0v) is 5.29. The molecule has 0 aliphatic carbocycles. The summed E-state index contributed by atoms with van der Waals surface area (Å²) in [4.78, 5) is 23.3. The number of aromatic hydroxyl groups is 1. The van der Waals surface area contributed by atoms with Crippen LogP contribution in [0.1, 0.15) is 0 Å². The molecule has 5 heteroatoms. The summed E-state index contributed by atoms with van der Waals surface area (Å²) in [6.45, 7) is 0. The number of nitrogens with zero attached hydrogens (tertiary/aromatic N) is 1. The van der Waals surface area contributed by atoms with Gasteiger partial charge < -0.3 is 5.11 Å². The first-order valence-electron chi connectivity index (χ1n) is 2.60. The summed E-state index contributed by atoms with van der Waals surface area (Å²) in [7, 11) is 1.32. The third-order valence-corrected chi connectivity index (χ3v) is 1.13. The van der Waals surface area contributed by atoms with E-state index in [9.17, 15) is 9.59 Å². The molecule has 5 nitrogen and oxygen atoms in total. The van der Waals surface area contributed by atoms with Gasteiger partial charge in [0.1, 0.15) is 0 Å². The maximum Gasteiger partial charge on any atom is 0.330 e. The smallest absolute Gasteiger partial charge is 0.330 e. The molecule has 0 fully saturated rings. The normalized spacial score (nSPS) is 9.70. The molecular weight excluding hydrogens is 136 g/mol. The Kier molecular flexibility index (Phi) is 1.33. The highest BCUT2D eigenvalue weighted by Gasteiger charge is 1.95. The van der Waals surface area contributed by atoms with E-state index in [1.54, 1.807) is 0 Å². The minimum absolute atomic E-state index is 0.409. The second kappa shape index (κ2) is 2.02. The zero-order chi connectivity index (χ0) is 7.72. The maximum atomic E-state index is 10.6. The Labute approximate surface area is 55.6 Å². The molecule has 1 rings (SSSR count). The van der Waals surface area contributed by atoms with Crippen molar-refractivity contribution < 1.29 is 5.11 Å². The molecule has 0 radical (unpaired) electrons. The average molecular weight is 142 g/mol. The molecule has 0 saturated heterocycles. The van der Waals surface area contributed by atoms with Gasteiger partial charge in [-0.25, -0.2) is 4.79 Å². The highest BCUT2D eigenvalue weighted by atomic mass is 16.3. The van der Waals surface area contributed by atoms with Gasteiger partial charge in [0.2, 0.25) is 0 Å². The molecular formula is C5H6N2O3. The Morgan fingerprint density at radius 2 is 2.20 bits per heavy atom. The standard InChI is InChI=1S/C5H6N2O3/c1-7-4(9)2-3(8)6-5(7)10/h2,8H,1H3,(H,6,10). The van der Waals surface area contributed by atoms with Crippen LogP contribution >= 0.6 is 0 Å². The molecule has 0 aromatic carbocycles. The van der Waals surface area contributed by atoms with Gasteiger partial charge in [0, 0.05) is 7.05 Å². The number of aromatic amines is 1. The molecule has 54 valence electrons. The molecule has 0 aliphatic heterocycles. The topological polar surface area (TPSA) is 75.1 Å². The van der Waals surface area contributed by atoms with Gasteiger partial charge in [0.15, 0.2) is 5.88 Å². The van der Waals surface area contributed by atoms with Crippen LogP contribution in [0.25, 0.3) is 0 Å². The van der Waals surface area contributed by atoms with Crippen LogP contribution in [-0.4, -0.2) is 14.7 Å². The second-order valence-electron chi connectivity index (χ2n) is 1.86. The summed E-state index contributed by atoms with van der Waals surface area (Å²) in [6, 6.07) is 0.932. The van der Waals surface area contributed by atoms with E-state index in [1.807, 2.05) is 4.98 Å². The summed E-state index contributed by atoms with van der Waals surface area (Å²) in [5.74, 6) is -0.409. The molecule has 1 heterocycles. The molecule has 1 aromatic heterocycles. The SMILES string of the molecule is Cn1c(=O)cc(O)[nH]c1=O. The van der Waals surface area contributed by atoms with Gasteiger partial charge in [-0.2, -0.15) is 0 Å². The molecule has 0 atom stereocenters. The number of hydrogen-bond acceptors (Lipinski definition) is 3. The molecule has 2 N–H and O–H groups in total. The Hall–Kier alpha value is -1.52. The van der Waals surface area contributed by atoms with Crippen molar-refractivity contribution in [1.29, 1.82) is 0 Å². The van der Waals surface area contributed by atoms with Gasteiger partial charge in [-0.05, 0) is 0 Å². The van der Waals surface area contributed by atoms with Gasteiger partial charge in [0.25, 0.3) is 5.56 Å². The van der Waals surface area contributed by atoms with E-state index in [0.29, 0.717) is 0 Å². The first-order valence-corrected chi connectivity index (χ1v) is 2.60. The lowest BCUT2D eigenvalue weighted by molar-refractivity contribution is 0.444. The van der Waals surface area contributed by atoms with Crippen LogP contribution in [-0.2, 0) is 7.05 Å². The molecule has 0 spiro atoms. The molecule has 0 amide bonds. The number of H-pyrrole nitrogens is 1. The maximum absolute atomic E-state index is 10.6. The molecule has 0 bridgehead atoms. The number of rotatable bonds is 0. The summed E-state index contributed by atoms with van der Waals surface area (Å²) < 4.78 is 0.861. The van der Waals surface area contributed by atoms with Crippen molar-refractivity contribution in [1.82, 2.24) is 9.55 Å². The van der Waals surface area contributed by atoms with Gasteiger partial charge in [-0.1, -0.05) is 0 Å². The number of hydrogen-bond donors (Lipinski definition) is 2. The summed E-state index contributed by atoms with van der Waals surface area (Å²) in [6.07, 6.45) is 0. The van der Waals surface area contributed by atoms with Crippen LogP contribution in [0.2, 0.25) is 0 Å². The van der Waals surface area contributed by atoms with E-state index in [4.69, 9.17) is 5.11 Å². The quantitative estimate of drug-likeness (QED) is 0.476. The van der Waals surface area contributed by atoms with Crippen LogP contribution in [0, 0.1) is 0 Å². The van der Waals surface area contributed by atoms with Crippen LogP contribution < -0.4 is 11.2 Å². The van der Waals surface area contributed by atoms with Crippen molar-refractivity contribution in [2.24, 2.45) is 7.05 Å². The van der Waals surface area contributed by atoms with E-state index >= 15 is 0 Å². The predicted molar refractivity (Wildman–Crippen MR) is 34.0 cm³/mol. The van der Waals surface area contributed by atoms with Crippen LogP contribution in [0.4, 0.5) is 0 Å². The monoisotopic (exact) mass is 142 g/mol. The van der Waals surface area contributed by atoms with Crippen molar-refractivity contribution >= 4 is 0 Å². The van der Waals surface area contributed by atoms with Crippen molar-refractivity contribution in [2.75, 3.05) is 0 Å². The third-order valence-electron chi connectivity index (χ3n) is 1.13. The second-order valence-corrected chi connectivity index (χ2v) is 1.86. The van der Waals surface area contributed by atoms with Crippen LogP contribution in [0.15, 0.2) is 15.7 Å². The Balaban J connectivity index is 3.62. The minimum atomic E-state index is -0.620. The van der Waals surface area contributed by atoms with Crippen molar-refractivity contribution in [3.05, 3.63) is 26.9 Å². The van der Waals surface area contributed by atoms with Crippen molar-refractivity contribution in [3.8, 4) is 5.88 Å². The minimum Gasteiger partial charge on any atom is -0.494 e. The first kappa shape index (κ1) is 6.60. The van der Waals surface area contributed by atoms with Gasteiger partial charge in [-0.15, -0.1) is 0 Å². The summed E-state index contributed by atoms with van der Waals surface area (Å²) in [5.41, 5.74) is -1.15. The van der Waals surface area contributed by atoms with Crippen LogP contribution in [0.5, 0.6) is 5.88 Å². The van der Waals surface area contributed by atoms with E-state index in [2.05, 4.69) is 0 Å². The third kappa shape index (κ3) is 0.928. The first-order chi connectivity index (χ1) is 4.61. The van der Waals surface area contributed by atoms with E-state index in [-0.39, 0.29) is 0 Å². The highest BCUT2D eigenvalue weighted by Crippen LogP contribution is 1.89. The van der Waals surface area contributed by atoms with Crippen molar-refractivity contribution in [2.45, 2.75) is 0 Å². The molecule has 0 aliphatic rings. The zero-order valence-electron chi connectivity index (χ0n) is 5.29. The molecule has 10 heavy (non-hydrogen) atoms. The molecule has 0 saturated carbocycles. The van der Waals surface area contributed by atoms with Crippen LogP contribution in [0.3, 0.4) is 0 Å². The lowest BCUT2D eigenvalue weighted by Gasteiger charge is -1.93. The number of nitrogens with one attached hydrogen (secondary N) is 1. The molecule has 0 unspecified atom stereocenters. The van der Waals surface area contributed by atoms with Gasteiger partial charge in [0.05, 0.1) is 6.07 Å². The highest BCUT2D eigenvalue weighted by molar-refractivity contribution is 5.02. The fourth-order valence-electron chi connectivity index (χ4n) is 0.543. The van der Waals surface area contributed by atoms with Gasteiger partial charge in [-0.3, -0.25) is 14.3 Å². The summed E-state index contributed by atoms with van der Waals surface area (Å²) in [5, 5.41) is 8.65. The lowest BCUT2D eigenvalue weighted by Crippen LogP contribution is -2.31. The Morgan fingerprint density at radius 1 is 1.60 bits per heavy atom. The van der Waals surface area contributed by atoms with E-state index < -0.39 is 17.1 Å².